The summed E-state index contributed by atoms with van der Waals surface area (Å²) in [7, 11) is 0. The molecule has 0 unspecified atom stereocenters. The lowest BCUT2D eigenvalue weighted by molar-refractivity contribution is 0.670. The molecule has 0 aliphatic carbocycles. The molecule has 0 saturated carbocycles. The van der Waals surface area contributed by atoms with E-state index in [0.29, 0.717) is 11.1 Å². The van der Waals surface area contributed by atoms with E-state index in [1.54, 1.807) is 11.3 Å². The van der Waals surface area contributed by atoms with Crippen LogP contribution in [0.1, 0.15) is 13.7 Å². The average Bonchev–Trinajstić information content (AvgIpc) is 3.90. The van der Waals surface area contributed by atoms with Crippen LogP contribution in [0.15, 0.2) is 138 Å². The number of fused-ring (bicyclic) bond motifs is 10. The molecule has 0 amide bonds. The maximum absolute atomic E-state index is 9.31. The molecule has 0 saturated heterocycles. The lowest BCUT2D eigenvalue weighted by atomic mass is 10.1. The van der Waals surface area contributed by atoms with Gasteiger partial charge in [0, 0.05) is 52.8 Å². The van der Waals surface area contributed by atoms with Crippen molar-refractivity contribution in [3.8, 4) is 28.7 Å². The van der Waals surface area contributed by atoms with Gasteiger partial charge in [0.05, 0.1) is 19.2 Å². The Morgan fingerprint density at radius 1 is 0.600 bits per heavy atom. The van der Waals surface area contributed by atoms with Crippen LogP contribution in [0.25, 0.3) is 92.6 Å². The second-order valence-electron chi connectivity index (χ2n) is 10.5. The third kappa shape index (κ3) is 3.57. The predicted molar refractivity (Wildman–Crippen MR) is 185 cm³/mol. The first-order valence-electron chi connectivity index (χ1n) is 19.1. The molecular formula is C39H22N4OS. The highest BCUT2D eigenvalue weighted by molar-refractivity contribution is 7.26. The van der Waals surface area contributed by atoms with Gasteiger partial charge in [-0.15, -0.1) is 11.3 Å². The molecule has 10 aromatic rings. The lowest BCUT2D eigenvalue weighted by Crippen LogP contribution is -2.06. The molecule has 6 aromatic carbocycles. The lowest BCUT2D eigenvalue weighted by Gasteiger charge is -2.11. The number of benzene rings is 6. The Balaban J connectivity index is 1.44. The highest BCUT2D eigenvalue weighted by Gasteiger charge is 2.22. The first kappa shape index (κ1) is 16.9. The summed E-state index contributed by atoms with van der Waals surface area (Å²) in [6.07, 6.45) is 0. The van der Waals surface area contributed by atoms with Crippen LogP contribution in [-0.2, 0) is 0 Å². The fourth-order valence-electron chi connectivity index (χ4n) is 5.99. The molecule has 0 atom stereocenters. The molecule has 0 N–H and O–H groups in total. The number of nitrogens with zero attached hydrogens (tertiary/aromatic N) is 4. The summed E-state index contributed by atoms with van der Waals surface area (Å²) in [6.45, 7) is 0. The number of para-hydroxylation sites is 2. The Morgan fingerprint density at radius 2 is 1.36 bits per heavy atom. The van der Waals surface area contributed by atoms with E-state index in [1.807, 2.05) is 72.8 Å². The zero-order valence-electron chi connectivity index (χ0n) is 33.0. The molecule has 0 bridgehead atoms. The van der Waals surface area contributed by atoms with E-state index < -0.39 is 60.4 Å². The van der Waals surface area contributed by atoms with E-state index in [9.17, 15) is 2.74 Å². The first-order valence-corrected chi connectivity index (χ1v) is 14.9. The Bertz CT molecular complexity index is 3340. The summed E-state index contributed by atoms with van der Waals surface area (Å²) in [5.41, 5.74) is 0.872. The van der Waals surface area contributed by atoms with Crippen molar-refractivity contribution in [3.63, 3.8) is 0 Å². The van der Waals surface area contributed by atoms with E-state index in [-0.39, 0.29) is 61.3 Å². The first-order chi connectivity index (χ1) is 26.5. The normalized spacial score (nSPS) is 15.1. The third-order valence-electron chi connectivity index (χ3n) is 7.96. The summed E-state index contributed by atoms with van der Waals surface area (Å²) in [5, 5.41) is 1.76. The summed E-state index contributed by atoms with van der Waals surface area (Å²) >= 11 is 1.58. The van der Waals surface area contributed by atoms with Crippen LogP contribution in [-0.4, -0.2) is 19.5 Å². The van der Waals surface area contributed by atoms with Crippen LogP contribution in [0.3, 0.4) is 0 Å². The number of hydrogen-bond acceptors (Lipinski definition) is 5. The van der Waals surface area contributed by atoms with Gasteiger partial charge in [-0.2, -0.15) is 9.97 Å². The minimum absolute atomic E-state index is 0.00212. The van der Waals surface area contributed by atoms with Gasteiger partial charge in [0.25, 0.3) is 0 Å². The van der Waals surface area contributed by atoms with Gasteiger partial charge < -0.3 is 4.42 Å². The van der Waals surface area contributed by atoms with Gasteiger partial charge in [-0.3, -0.25) is 4.57 Å². The Labute approximate surface area is 274 Å². The van der Waals surface area contributed by atoms with Crippen LogP contribution >= 0.6 is 11.3 Å². The van der Waals surface area contributed by atoms with Crippen LogP contribution in [0, 0.1) is 0 Å². The van der Waals surface area contributed by atoms with Crippen LogP contribution in [0.5, 0.6) is 0 Å². The van der Waals surface area contributed by atoms with Gasteiger partial charge in [-0.25, -0.2) is 4.98 Å². The standard InChI is InChI=1S/C39H22N4OS/c1-2-11-23(12-3-1)37-40-38(30-17-10-16-29-26-15-6-9-20-33(26)45-36(29)30)42-39(41-37)43-31-18-7-4-13-24(31)27-21-22-28-25-14-5-8-19-32(25)44-35(28)34(27)43/h1-22H/i4D,5D,7D,8D,13D,14D,18D,19D,21D,22D. The number of furan rings is 1. The zero-order valence-corrected chi connectivity index (χ0v) is 23.9. The van der Waals surface area contributed by atoms with Crippen molar-refractivity contribution in [2.75, 3.05) is 0 Å². The molecule has 4 aromatic heterocycles. The molecule has 0 aliphatic heterocycles. The maximum atomic E-state index is 9.31. The van der Waals surface area contributed by atoms with Crippen LogP contribution < -0.4 is 0 Å². The van der Waals surface area contributed by atoms with Crippen molar-refractivity contribution in [1.29, 1.82) is 0 Å². The molecule has 45 heavy (non-hydrogen) atoms. The fourth-order valence-corrected chi connectivity index (χ4v) is 7.20. The van der Waals surface area contributed by atoms with E-state index in [4.69, 9.17) is 30.3 Å². The Morgan fingerprint density at radius 3 is 2.29 bits per heavy atom. The van der Waals surface area contributed by atoms with Crippen molar-refractivity contribution in [3.05, 3.63) is 133 Å². The monoisotopic (exact) mass is 604 g/mol. The van der Waals surface area contributed by atoms with Gasteiger partial charge in [0.15, 0.2) is 17.2 Å². The van der Waals surface area contributed by atoms with Crippen molar-refractivity contribution in [2.24, 2.45) is 0 Å². The summed E-state index contributed by atoms with van der Waals surface area (Å²) < 4.78 is 97.7. The van der Waals surface area contributed by atoms with Crippen molar-refractivity contribution in [1.82, 2.24) is 19.5 Å². The second-order valence-corrected chi connectivity index (χ2v) is 11.5. The van der Waals surface area contributed by atoms with Crippen molar-refractivity contribution < 1.29 is 18.1 Å². The maximum Gasteiger partial charge on any atom is 0.238 e. The number of rotatable bonds is 3. The Hall–Kier alpha value is -5.85. The van der Waals surface area contributed by atoms with Crippen molar-refractivity contribution >= 4 is 75.3 Å². The smallest absolute Gasteiger partial charge is 0.238 e. The van der Waals surface area contributed by atoms with E-state index in [0.717, 1.165) is 20.2 Å². The van der Waals surface area contributed by atoms with Gasteiger partial charge in [0.1, 0.15) is 11.1 Å². The van der Waals surface area contributed by atoms with Crippen molar-refractivity contribution in [2.45, 2.75) is 0 Å². The number of aromatic nitrogens is 4. The molecule has 5 nitrogen and oxygen atoms in total. The minimum Gasteiger partial charge on any atom is -0.454 e. The highest BCUT2D eigenvalue weighted by atomic mass is 32.1. The summed E-state index contributed by atoms with van der Waals surface area (Å²) in [6, 6.07) is 18.1. The Kier molecular flexibility index (Phi) is 3.49. The molecule has 0 radical (unpaired) electrons. The van der Waals surface area contributed by atoms with Gasteiger partial charge in [-0.05, 0) is 30.3 Å². The van der Waals surface area contributed by atoms with E-state index in [2.05, 4.69) is 0 Å². The molecular weight excluding hydrogens is 573 g/mol. The van der Waals surface area contributed by atoms with E-state index in [1.165, 1.54) is 4.57 Å². The molecule has 0 fully saturated rings. The molecule has 4 heterocycles. The van der Waals surface area contributed by atoms with Gasteiger partial charge in [0.2, 0.25) is 5.95 Å². The number of hydrogen-bond donors (Lipinski definition) is 0. The molecule has 210 valence electrons. The zero-order chi connectivity index (χ0) is 38.2. The summed E-state index contributed by atoms with van der Waals surface area (Å²) in [4.78, 5) is 14.8. The topological polar surface area (TPSA) is 56.7 Å². The predicted octanol–water partition coefficient (Wildman–Crippen LogP) is 10.6. The highest BCUT2D eigenvalue weighted by Crippen LogP contribution is 2.42. The third-order valence-corrected chi connectivity index (χ3v) is 9.18. The quantitative estimate of drug-likeness (QED) is 0.201. The van der Waals surface area contributed by atoms with Gasteiger partial charge in [-0.1, -0.05) is 103 Å². The molecule has 0 aliphatic rings. The molecule has 10 rings (SSSR count). The largest absolute Gasteiger partial charge is 0.454 e. The fraction of sp³-hybridized carbons (Fsp3) is 0. The molecule has 0 spiro atoms. The second kappa shape index (κ2) is 9.32. The van der Waals surface area contributed by atoms with E-state index >= 15 is 0 Å². The SMILES string of the molecule is [2H]c1c([2H])c([2H])c2c(oc3c2c([2H])c([2H])c2c4c([2H])c([2H])c([2H])c([2H])c4n(-c4nc(-c5ccccc5)nc(-c5cccc6c5sc5ccccc56)n4)c32)c1[2H]. The molecule has 6 heteroatoms. The van der Waals surface area contributed by atoms with Gasteiger partial charge >= 0.3 is 0 Å². The van der Waals surface area contributed by atoms with Crippen LogP contribution in [0.2, 0.25) is 0 Å². The number of thiophene rings is 1. The van der Waals surface area contributed by atoms with Crippen LogP contribution in [0.4, 0.5) is 0 Å². The minimum atomic E-state index is -0.551. The average molecular weight is 605 g/mol. The summed E-state index contributed by atoms with van der Waals surface area (Å²) in [5.74, 6) is 0.434.